The molecule has 0 atom stereocenters. The number of thiazole rings is 1. The minimum absolute atomic E-state index is 0. The standard InChI is InChI=1S/C22H26ClN3O2S2.ClH/c1-25(2)13-5-14-26(22-24-21-18(23)6-4-7-19(21)30-22)20(27)12-15-29-17-10-8-16(28-3)9-11-17;/h4,6-11H,5,12-15H2,1-3H3;1H. The van der Waals surface area contributed by atoms with Gasteiger partial charge in [0.05, 0.1) is 16.8 Å². The molecule has 31 heavy (non-hydrogen) atoms. The number of ether oxygens (including phenoxy) is 1. The van der Waals surface area contributed by atoms with Gasteiger partial charge in [0.25, 0.3) is 0 Å². The van der Waals surface area contributed by atoms with E-state index in [0.29, 0.717) is 23.7 Å². The van der Waals surface area contributed by atoms with Gasteiger partial charge in [-0.1, -0.05) is 29.0 Å². The molecule has 0 saturated carbocycles. The van der Waals surface area contributed by atoms with Crippen molar-refractivity contribution in [2.24, 2.45) is 0 Å². The van der Waals surface area contributed by atoms with E-state index in [1.54, 1.807) is 18.9 Å². The number of thioether (sulfide) groups is 1. The van der Waals surface area contributed by atoms with E-state index in [1.807, 2.05) is 61.5 Å². The SMILES string of the molecule is COc1ccc(SCCC(=O)N(CCCN(C)C)c2nc3c(Cl)cccc3s2)cc1.Cl. The molecule has 9 heteroatoms. The molecule has 0 bridgehead atoms. The van der Waals surface area contributed by atoms with Crippen LogP contribution in [0.1, 0.15) is 12.8 Å². The number of halogens is 2. The molecular weight excluding hydrogens is 473 g/mol. The maximum Gasteiger partial charge on any atom is 0.229 e. The quantitative estimate of drug-likeness (QED) is 0.327. The Kier molecular flexibility index (Phi) is 10.4. The second-order valence-electron chi connectivity index (χ2n) is 7.06. The number of rotatable bonds is 10. The number of hydrogen-bond acceptors (Lipinski definition) is 6. The van der Waals surface area contributed by atoms with Gasteiger partial charge >= 0.3 is 0 Å². The van der Waals surface area contributed by atoms with Gasteiger partial charge in [-0.2, -0.15) is 0 Å². The van der Waals surface area contributed by atoms with E-state index in [4.69, 9.17) is 16.3 Å². The largest absolute Gasteiger partial charge is 0.497 e. The van der Waals surface area contributed by atoms with Crippen LogP contribution < -0.4 is 9.64 Å². The number of carbonyl (C=O) groups excluding carboxylic acids is 1. The molecule has 1 amide bonds. The summed E-state index contributed by atoms with van der Waals surface area (Å²) < 4.78 is 6.19. The lowest BCUT2D eigenvalue weighted by atomic mass is 10.3. The van der Waals surface area contributed by atoms with E-state index in [9.17, 15) is 4.79 Å². The van der Waals surface area contributed by atoms with E-state index in [1.165, 1.54) is 11.3 Å². The lowest BCUT2D eigenvalue weighted by Gasteiger charge is -2.21. The zero-order valence-corrected chi connectivity index (χ0v) is 21.0. The number of aromatic nitrogens is 1. The smallest absolute Gasteiger partial charge is 0.229 e. The number of nitrogens with zero attached hydrogens (tertiary/aromatic N) is 3. The fourth-order valence-corrected chi connectivity index (χ4v) is 5.10. The van der Waals surface area contributed by atoms with Crippen LogP contribution in [0.25, 0.3) is 10.2 Å². The van der Waals surface area contributed by atoms with E-state index < -0.39 is 0 Å². The maximum atomic E-state index is 13.1. The number of para-hydroxylation sites is 1. The van der Waals surface area contributed by atoms with Crippen LogP contribution in [0.3, 0.4) is 0 Å². The summed E-state index contributed by atoms with van der Waals surface area (Å²) in [6.07, 6.45) is 1.33. The average molecular weight is 501 g/mol. The number of hydrogen-bond donors (Lipinski definition) is 0. The molecule has 5 nitrogen and oxygen atoms in total. The number of amides is 1. The Morgan fingerprint density at radius 1 is 1.16 bits per heavy atom. The van der Waals surface area contributed by atoms with Gasteiger partial charge in [0, 0.05) is 23.6 Å². The number of methoxy groups -OCH3 is 1. The first kappa shape index (κ1) is 25.7. The number of anilines is 1. The van der Waals surface area contributed by atoms with Gasteiger partial charge in [-0.25, -0.2) is 4.98 Å². The highest BCUT2D eigenvalue weighted by Crippen LogP contribution is 2.33. The normalized spacial score (nSPS) is 10.9. The minimum atomic E-state index is 0. The van der Waals surface area contributed by atoms with Gasteiger partial charge in [-0.15, -0.1) is 24.2 Å². The second kappa shape index (κ2) is 12.5. The van der Waals surface area contributed by atoms with Crippen LogP contribution >= 0.6 is 47.1 Å². The Hall–Kier alpha value is -1.51. The molecule has 0 N–H and O–H groups in total. The van der Waals surface area contributed by atoms with Crippen molar-refractivity contribution < 1.29 is 9.53 Å². The molecule has 0 fully saturated rings. The van der Waals surface area contributed by atoms with Crippen LogP contribution in [0.5, 0.6) is 5.75 Å². The summed E-state index contributed by atoms with van der Waals surface area (Å²) in [5.41, 5.74) is 0.761. The summed E-state index contributed by atoms with van der Waals surface area (Å²) in [6, 6.07) is 13.6. The highest BCUT2D eigenvalue weighted by molar-refractivity contribution is 7.99. The third kappa shape index (κ3) is 7.26. The van der Waals surface area contributed by atoms with Gasteiger partial charge in [-0.05, 0) is 63.5 Å². The van der Waals surface area contributed by atoms with Crippen LogP contribution in [-0.4, -0.2) is 55.8 Å². The molecule has 0 spiro atoms. The Morgan fingerprint density at radius 3 is 2.55 bits per heavy atom. The van der Waals surface area contributed by atoms with Gasteiger partial charge in [0.2, 0.25) is 5.91 Å². The zero-order chi connectivity index (χ0) is 21.5. The average Bonchev–Trinajstić information content (AvgIpc) is 3.16. The van der Waals surface area contributed by atoms with Crippen LogP contribution in [0.15, 0.2) is 47.4 Å². The fourth-order valence-electron chi connectivity index (χ4n) is 2.95. The number of fused-ring (bicyclic) bond motifs is 1. The van der Waals surface area contributed by atoms with Gasteiger partial charge in [-0.3, -0.25) is 9.69 Å². The van der Waals surface area contributed by atoms with Gasteiger partial charge in [0.15, 0.2) is 5.13 Å². The Bertz CT molecular complexity index is 981. The monoisotopic (exact) mass is 499 g/mol. The fraction of sp³-hybridized carbons (Fsp3) is 0.364. The Balaban J connectivity index is 0.00000341. The van der Waals surface area contributed by atoms with E-state index in [-0.39, 0.29) is 18.3 Å². The van der Waals surface area contributed by atoms with Crippen molar-refractivity contribution in [1.82, 2.24) is 9.88 Å². The van der Waals surface area contributed by atoms with Crippen LogP contribution in [-0.2, 0) is 4.79 Å². The molecule has 0 aliphatic carbocycles. The van der Waals surface area contributed by atoms with Crippen LogP contribution in [0.2, 0.25) is 5.02 Å². The van der Waals surface area contributed by atoms with Crippen molar-refractivity contribution in [3.8, 4) is 5.75 Å². The van der Waals surface area contributed by atoms with Gasteiger partial charge in [0.1, 0.15) is 11.3 Å². The summed E-state index contributed by atoms with van der Waals surface area (Å²) in [4.78, 5) is 22.8. The van der Waals surface area contributed by atoms with E-state index in [2.05, 4.69) is 9.88 Å². The third-order valence-corrected chi connectivity index (χ3v) is 6.88. The van der Waals surface area contributed by atoms with Crippen LogP contribution in [0, 0.1) is 0 Å². The molecule has 168 valence electrons. The molecule has 0 saturated heterocycles. The third-order valence-electron chi connectivity index (χ3n) is 4.52. The van der Waals surface area contributed by atoms with Crippen molar-refractivity contribution in [3.63, 3.8) is 0 Å². The lowest BCUT2D eigenvalue weighted by Crippen LogP contribution is -2.33. The highest BCUT2D eigenvalue weighted by Gasteiger charge is 2.20. The topological polar surface area (TPSA) is 45.7 Å². The van der Waals surface area contributed by atoms with E-state index in [0.717, 1.165) is 39.0 Å². The second-order valence-corrected chi connectivity index (χ2v) is 9.64. The first-order chi connectivity index (χ1) is 14.5. The Labute approximate surface area is 203 Å². The summed E-state index contributed by atoms with van der Waals surface area (Å²) in [6.45, 7) is 1.55. The Morgan fingerprint density at radius 2 is 1.90 bits per heavy atom. The predicted octanol–water partition coefficient (Wildman–Crippen LogP) is 5.85. The molecule has 3 rings (SSSR count). The molecule has 1 aromatic heterocycles. The van der Waals surface area contributed by atoms with Crippen molar-refractivity contribution in [1.29, 1.82) is 0 Å². The van der Waals surface area contributed by atoms with Crippen molar-refractivity contribution in [3.05, 3.63) is 47.5 Å². The molecule has 0 aliphatic heterocycles. The van der Waals surface area contributed by atoms with E-state index >= 15 is 0 Å². The summed E-state index contributed by atoms with van der Waals surface area (Å²) in [5.74, 6) is 1.63. The molecule has 0 unspecified atom stereocenters. The predicted molar refractivity (Wildman–Crippen MR) is 136 cm³/mol. The van der Waals surface area contributed by atoms with Crippen molar-refractivity contribution >= 4 is 68.4 Å². The zero-order valence-electron chi connectivity index (χ0n) is 17.8. The molecule has 1 heterocycles. The molecule has 3 aromatic rings. The lowest BCUT2D eigenvalue weighted by molar-refractivity contribution is -0.118. The molecule has 0 aliphatic rings. The highest BCUT2D eigenvalue weighted by atomic mass is 35.5. The van der Waals surface area contributed by atoms with Crippen molar-refractivity contribution in [2.75, 3.05) is 44.9 Å². The molecule has 2 aromatic carbocycles. The molecular formula is C22H27Cl2N3O2S2. The van der Waals surface area contributed by atoms with Crippen LogP contribution in [0.4, 0.5) is 5.13 Å². The first-order valence-corrected chi connectivity index (χ1v) is 11.9. The molecule has 0 radical (unpaired) electrons. The van der Waals surface area contributed by atoms with Gasteiger partial charge < -0.3 is 9.64 Å². The number of benzene rings is 2. The maximum absolute atomic E-state index is 13.1. The summed E-state index contributed by atoms with van der Waals surface area (Å²) >= 11 is 9.48. The number of carbonyl (C=O) groups is 1. The first-order valence-electron chi connectivity index (χ1n) is 9.75. The van der Waals surface area contributed by atoms with Crippen molar-refractivity contribution in [2.45, 2.75) is 17.7 Å². The summed E-state index contributed by atoms with van der Waals surface area (Å²) in [5, 5.41) is 1.34. The minimum Gasteiger partial charge on any atom is -0.497 e. The summed E-state index contributed by atoms with van der Waals surface area (Å²) in [7, 11) is 5.73.